The second kappa shape index (κ2) is 2.69. The van der Waals surface area contributed by atoms with Crippen LogP contribution >= 0.6 is 0 Å². The van der Waals surface area contributed by atoms with Crippen molar-refractivity contribution in [3.63, 3.8) is 0 Å². The normalized spacial score (nSPS) is 13.3. The molecule has 2 aromatic heterocycles. The van der Waals surface area contributed by atoms with Gasteiger partial charge in [-0.05, 0) is 18.4 Å². The number of nitrogens with zero attached hydrogens (tertiary/aromatic N) is 2. The average molecular weight is 204 g/mol. The molecule has 0 radical (unpaired) electrons. The van der Waals surface area contributed by atoms with E-state index < -0.39 is 5.97 Å². The van der Waals surface area contributed by atoms with Gasteiger partial charge >= 0.3 is 5.97 Å². The summed E-state index contributed by atoms with van der Waals surface area (Å²) in [6, 6.07) is 0. The Morgan fingerprint density at radius 3 is 3.07 bits per heavy atom. The van der Waals surface area contributed by atoms with Crippen LogP contribution in [0.1, 0.15) is 21.7 Å². The molecule has 1 aliphatic rings. The minimum Gasteiger partial charge on any atom is -0.476 e. The van der Waals surface area contributed by atoms with E-state index in [-0.39, 0.29) is 5.69 Å². The van der Waals surface area contributed by atoms with E-state index in [1.54, 1.807) is 6.20 Å². The van der Waals surface area contributed by atoms with Crippen LogP contribution in [0.25, 0.3) is 11.3 Å². The molecule has 1 aliphatic carbocycles. The van der Waals surface area contributed by atoms with Gasteiger partial charge in [0.1, 0.15) is 0 Å². The lowest BCUT2D eigenvalue weighted by Crippen LogP contribution is -2.05. The second-order valence-corrected chi connectivity index (χ2v) is 3.50. The van der Waals surface area contributed by atoms with Crippen molar-refractivity contribution in [2.45, 2.75) is 12.8 Å². The number of nitrogens with one attached hydrogen (secondary N) is 2. The fourth-order valence-corrected chi connectivity index (χ4v) is 1.96. The molecule has 6 nitrogen and oxygen atoms in total. The fraction of sp³-hybridized carbons (Fsp3) is 0.222. The monoisotopic (exact) mass is 204 g/mol. The number of fused-ring (bicyclic) bond motifs is 3. The minimum absolute atomic E-state index is 0.0650. The van der Waals surface area contributed by atoms with Gasteiger partial charge < -0.3 is 5.11 Å². The van der Waals surface area contributed by atoms with Crippen molar-refractivity contribution >= 4 is 5.97 Å². The van der Waals surface area contributed by atoms with Crippen LogP contribution in [0.15, 0.2) is 6.20 Å². The molecule has 0 unspecified atom stereocenters. The Kier molecular flexibility index (Phi) is 1.47. The quantitative estimate of drug-likeness (QED) is 0.633. The Hall–Kier alpha value is -2.11. The molecule has 2 heterocycles. The lowest BCUT2D eigenvalue weighted by Gasteiger charge is -2.10. The molecule has 0 fully saturated rings. The molecule has 15 heavy (non-hydrogen) atoms. The Balaban J connectivity index is 2.29. The third kappa shape index (κ3) is 1.01. The highest BCUT2D eigenvalue weighted by molar-refractivity contribution is 5.95. The number of aromatic nitrogens is 4. The molecule has 3 N–H and O–H groups in total. The predicted molar refractivity (Wildman–Crippen MR) is 50.5 cm³/mol. The van der Waals surface area contributed by atoms with E-state index in [2.05, 4.69) is 20.4 Å². The van der Waals surface area contributed by atoms with Crippen molar-refractivity contribution in [3.8, 4) is 11.3 Å². The SMILES string of the molecule is O=C(O)c1n[nH]c2c1-c1[nH]ncc1CC2. The summed E-state index contributed by atoms with van der Waals surface area (Å²) in [7, 11) is 0. The van der Waals surface area contributed by atoms with Gasteiger partial charge in [-0.2, -0.15) is 10.2 Å². The molecule has 0 saturated carbocycles. The second-order valence-electron chi connectivity index (χ2n) is 3.50. The summed E-state index contributed by atoms with van der Waals surface area (Å²) < 4.78 is 0. The van der Waals surface area contributed by atoms with Crippen LogP contribution in [0, 0.1) is 0 Å². The van der Waals surface area contributed by atoms with E-state index in [1.807, 2.05) is 0 Å². The van der Waals surface area contributed by atoms with Gasteiger partial charge in [-0.1, -0.05) is 0 Å². The summed E-state index contributed by atoms with van der Waals surface area (Å²) in [6.07, 6.45) is 3.37. The number of aryl methyl sites for hydroxylation is 2. The van der Waals surface area contributed by atoms with Gasteiger partial charge in [0.05, 0.1) is 17.5 Å². The van der Waals surface area contributed by atoms with Crippen LogP contribution in [0.3, 0.4) is 0 Å². The van der Waals surface area contributed by atoms with Crippen LogP contribution in [-0.2, 0) is 12.8 Å². The number of rotatable bonds is 1. The molecule has 2 aromatic rings. The Morgan fingerprint density at radius 1 is 1.40 bits per heavy atom. The molecule has 0 spiro atoms. The van der Waals surface area contributed by atoms with Crippen LogP contribution < -0.4 is 0 Å². The first-order chi connectivity index (χ1) is 7.27. The van der Waals surface area contributed by atoms with Crippen molar-refractivity contribution in [3.05, 3.63) is 23.1 Å². The number of hydrogen-bond donors (Lipinski definition) is 3. The summed E-state index contributed by atoms with van der Waals surface area (Å²) in [5.41, 5.74) is 3.41. The summed E-state index contributed by atoms with van der Waals surface area (Å²) in [5.74, 6) is -1.02. The van der Waals surface area contributed by atoms with E-state index in [9.17, 15) is 4.79 Å². The summed E-state index contributed by atoms with van der Waals surface area (Å²) in [4.78, 5) is 10.9. The zero-order valence-electron chi connectivity index (χ0n) is 7.74. The Bertz CT molecular complexity index is 540. The van der Waals surface area contributed by atoms with Gasteiger partial charge in [-0.15, -0.1) is 0 Å². The van der Waals surface area contributed by atoms with Crippen LogP contribution in [0.4, 0.5) is 0 Å². The van der Waals surface area contributed by atoms with Gasteiger partial charge in [-0.25, -0.2) is 4.79 Å². The standard InChI is InChI=1S/C9H8N4O2/c14-9(15)8-6-5(11-13-8)2-1-4-3-10-12-7(4)6/h3H,1-2H2,(H,10,12)(H,11,13)(H,14,15). The van der Waals surface area contributed by atoms with Crippen molar-refractivity contribution in [2.75, 3.05) is 0 Å². The number of H-pyrrole nitrogens is 2. The highest BCUT2D eigenvalue weighted by atomic mass is 16.4. The number of aromatic carboxylic acids is 1. The zero-order valence-corrected chi connectivity index (χ0v) is 7.74. The van der Waals surface area contributed by atoms with Crippen molar-refractivity contribution in [2.24, 2.45) is 0 Å². The maximum atomic E-state index is 10.9. The van der Waals surface area contributed by atoms with Crippen molar-refractivity contribution in [1.29, 1.82) is 0 Å². The topological polar surface area (TPSA) is 94.7 Å². The van der Waals surface area contributed by atoms with Crippen LogP contribution in [-0.4, -0.2) is 31.5 Å². The largest absolute Gasteiger partial charge is 0.476 e. The zero-order chi connectivity index (χ0) is 10.4. The smallest absolute Gasteiger partial charge is 0.357 e. The minimum atomic E-state index is -1.02. The summed E-state index contributed by atoms with van der Waals surface area (Å²) in [5, 5.41) is 22.3. The molecule has 6 heteroatoms. The van der Waals surface area contributed by atoms with Gasteiger partial charge in [0, 0.05) is 5.69 Å². The maximum Gasteiger partial charge on any atom is 0.357 e. The molecule has 0 saturated heterocycles. The van der Waals surface area contributed by atoms with Gasteiger partial charge in [0.15, 0.2) is 5.69 Å². The van der Waals surface area contributed by atoms with E-state index in [0.29, 0.717) is 5.56 Å². The first kappa shape index (κ1) is 8.22. The van der Waals surface area contributed by atoms with Gasteiger partial charge in [-0.3, -0.25) is 10.2 Å². The van der Waals surface area contributed by atoms with Gasteiger partial charge in [0.2, 0.25) is 0 Å². The number of carboxylic acids is 1. The molecule has 0 aliphatic heterocycles. The fourth-order valence-electron chi connectivity index (χ4n) is 1.96. The lowest BCUT2D eigenvalue weighted by atomic mass is 9.94. The molecular formula is C9H8N4O2. The number of carboxylic acid groups (broad SMARTS) is 1. The molecule has 0 bridgehead atoms. The van der Waals surface area contributed by atoms with E-state index in [4.69, 9.17) is 5.11 Å². The number of carbonyl (C=O) groups is 1. The van der Waals surface area contributed by atoms with Crippen molar-refractivity contribution < 1.29 is 9.90 Å². The maximum absolute atomic E-state index is 10.9. The molecular weight excluding hydrogens is 196 g/mol. The third-order valence-corrected chi connectivity index (χ3v) is 2.66. The highest BCUT2D eigenvalue weighted by Crippen LogP contribution is 2.32. The number of hydrogen-bond acceptors (Lipinski definition) is 3. The summed E-state index contributed by atoms with van der Waals surface area (Å²) in [6.45, 7) is 0. The van der Waals surface area contributed by atoms with E-state index in [1.165, 1.54) is 0 Å². The molecule has 0 aromatic carbocycles. The molecule has 3 rings (SSSR count). The van der Waals surface area contributed by atoms with Crippen LogP contribution in [0.5, 0.6) is 0 Å². The summed E-state index contributed by atoms with van der Waals surface area (Å²) >= 11 is 0. The first-order valence-corrected chi connectivity index (χ1v) is 4.60. The average Bonchev–Trinajstić information content (AvgIpc) is 2.82. The Morgan fingerprint density at radius 2 is 2.27 bits per heavy atom. The van der Waals surface area contributed by atoms with Gasteiger partial charge in [0.25, 0.3) is 0 Å². The molecule has 0 atom stereocenters. The predicted octanol–water partition coefficient (Wildman–Crippen LogP) is 0.597. The van der Waals surface area contributed by atoms with Crippen molar-refractivity contribution in [1.82, 2.24) is 20.4 Å². The highest BCUT2D eigenvalue weighted by Gasteiger charge is 2.26. The van der Waals surface area contributed by atoms with E-state index >= 15 is 0 Å². The Labute approximate surface area is 84.3 Å². The van der Waals surface area contributed by atoms with Crippen LogP contribution in [0.2, 0.25) is 0 Å². The lowest BCUT2D eigenvalue weighted by molar-refractivity contribution is 0.0691. The third-order valence-electron chi connectivity index (χ3n) is 2.66. The molecule has 0 amide bonds. The number of aromatic amines is 2. The first-order valence-electron chi connectivity index (χ1n) is 4.60. The van der Waals surface area contributed by atoms with E-state index in [0.717, 1.165) is 29.8 Å². The molecule has 76 valence electrons.